The Morgan fingerprint density at radius 2 is 2.28 bits per heavy atom. The number of halogens is 2. The summed E-state index contributed by atoms with van der Waals surface area (Å²) >= 11 is 5.91. The highest BCUT2D eigenvalue weighted by atomic mass is 35.5. The van der Waals surface area contributed by atoms with Crippen molar-refractivity contribution >= 4 is 24.0 Å². The molecule has 0 amide bonds. The quantitative estimate of drug-likeness (QED) is 0.909. The molecule has 0 bridgehead atoms. The Morgan fingerprint density at radius 3 is 2.94 bits per heavy atom. The van der Waals surface area contributed by atoms with E-state index in [1.54, 1.807) is 0 Å². The summed E-state index contributed by atoms with van der Waals surface area (Å²) in [4.78, 5) is 0. The standard InChI is InChI=1S/C14H20ClNO.ClH/c1-11-9-13(15)4-5-14(11)17-8-6-12-3-2-7-16-10-12;/h4-5,9,12,16H,2-3,6-8,10H2,1H3;1H. The van der Waals surface area contributed by atoms with Crippen LogP contribution in [0.3, 0.4) is 0 Å². The molecular weight excluding hydrogens is 269 g/mol. The molecule has 1 aromatic rings. The molecule has 0 spiro atoms. The van der Waals surface area contributed by atoms with Crippen molar-refractivity contribution in [3.05, 3.63) is 28.8 Å². The van der Waals surface area contributed by atoms with E-state index in [1.807, 2.05) is 25.1 Å². The molecule has 1 atom stereocenters. The Morgan fingerprint density at radius 1 is 1.44 bits per heavy atom. The number of hydrogen-bond acceptors (Lipinski definition) is 2. The number of hydrogen-bond donors (Lipinski definition) is 1. The van der Waals surface area contributed by atoms with Crippen LogP contribution in [0.5, 0.6) is 5.75 Å². The fourth-order valence-corrected chi connectivity index (χ4v) is 2.51. The van der Waals surface area contributed by atoms with Crippen molar-refractivity contribution in [2.75, 3.05) is 19.7 Å². The highest BCUT2D eigenvalue weighted by molar-refractivity contribution is 6.30. The van der Waals surface area contributed by atoms with E-state index in [9.17, 15) is 0 Å². The van der Waals surface area contributed by atoms with E-state index in [2.05, 4.69) is 5.32 Å². The van der Waals surface area contributed by atoms with Crippen LogP contribution in [0.2, 0.25) is 5.02 Å². The lowest BCUT2D eigenvalue weighted by Gasteiger charge is -2.22. The van der Waals surface area contributed by atoms with E-state index in [0.717, 1.165) is 41.8 Å². The predicted octanol–water partition coefficient (Wildman–Crippen LogP) is 3.84. The lowest BCUT2D eigenvalue weighted by atomic mass is 9.97. The van der Waals surface area contributed by atoms with Gasteiger partial charge in [0.2, 0.25) is 0 Å². The highest BCUT2D eigenvalue weighted by Gasteiger charge is 2.12. The summed E-state index contributed by atoms with van der Waals surface area (Å²) in [6, 6.07) is 5.78. The minimum atomic E-state index is 0. The molecule has 2 nitrogen and oxygen atoms in total. The first-order chi connectivity index (χ1) is 8.25. The van der Waals surface area contributed by atoms with Crippen LogP contribution in [0.1, 0.15) is 24.8 Å². The van der Waals surface area contributed by atoms with E-state index in [1.165, 1.54) is 19.4 Å². The van der Waals surface area contributed by atoms with E-state index in [-0.39, 0.29) is 12.4 Å². The molecule has 0 aromatic heterocycles. The molecule has 18 heavy (non-hydrogen) atoms. The number of aryl methyl sites for hydroxylation is 1. The van der Waals surface area contributed by atoms with E-state index in [4.69, 9.17) is 16.3 Å². The molecular formula is C14H21Cl2NO. The average Bonchev–Trinajstić information content (AvgIpc) is 2.33. The van der Waals surface area contributed by atoms with E-state index >= 15 is 0 Å². The van der Waals surface area contributed by atoms with Crippen LogP contribution in [0.15, 0.2) is 18.2 Å². The van der Waals surface area contributed by atoms with Crippen molar-refractivity contribution < 1.29 is 4.74 Å². The van der Waals surface area contributed by atoms with Crippen LogP contribution in [-0.2, 0) is 0 Å². The number of ether oxygens (including phenoxy) is 1. The largest absolute Gasteiger partial charge is 0.493 e. The number of piperidine rings is 1. The summed E-state index contributed by atoms with van der Waals surface area (Å²) in [5.74, 6) is 1.73. The summed E-state index contributed by atoms with van der Waals surface area (Å²) in [5, 5.41) is 4.20. The van der Waals surface area contributed by atoms with Gasteiger partial charge in [0.1, 0.15) is 5.75 Å². The fourth-order valence-electron chi connectivity index (χ4n) is 2.28. The third-order valence-electron chi connectivity index (χ3n) is 3.32. The SMILES string of the molecule is Cc1cc(Cl)ccc1OCCC1CCCNC1.Cl. The summed E-state index contributed by atoms with van der Waals surface area (Å²) in [6.45, 7) is 5.15. The van der Waals surface area contributed by atoms with Gasteiger partial charge in [0, 0.05) is 5.02 Å². The molecule has 0 aliphatic carbocycles. The van der Waals surface area contributed by atoms with Crippen molar-refractivity contribution in [1.29, 1.82) is 0 Å². The maximum absolute atomic E-state index is 5.91. The first-order valence-electron chi connectivity index (χ1n) is 6.35. The normalized spacial score (nSPS) is 19.1. The third kappa shape index (κ3) is 4.68. The van der Waals surface area contributed by atoms with Gasteiger partial charge in [-0.1, -0.05) is 11.6 Å². The lowest BCUT2D eigenvalue weighted by Crippen LogP contribution is -2.30. The Balaban J connectivity index is 0.00000162. The van der Waals surface area contributed by atoms with Crippen molar-refractivity contribution in [2.45, 2.75) is 26.2 Å². The van der Waals surface area contributed by atoms with Crippen LogP contribution in [-0.4, -0.2) is 19.7 Å². The fraction of sp³-hybridized carbons (Fsp3) is 0.571. The molecule has 0 saturated carbocycles. The second kappa shape index (κ2) is 7.88. The molecule has 1 aliphatic heterocycles. The first-order valence-corrected chi connectivity index (χ1v) is 6.73. The number of nitrogens with one attached hydrogen (secondary N) is 1. The monoisotopic (exact) mass is 289 g/mol. The van der Waals surface area contributed by atoms with Crippen LogP contribution >= 0.6 is 24.0 Å². The molecule has 0 radical (unpaired) electrons. The summed E-state index contributed by atoms with van der Waals surface area (Å²) in [7, 11) is 0. The molecule has 1 aliphatic rings. The zero-order valence-electron chi connectivity index (χ0n) is 10.7. The molecule has 4 heteroatoms. The molecule has 1 unspecified atom stereocenters. The predicted molar refractivity (Wildman–Crippen MR) is 79.1 cm³/mol. The first kappa shape index (κ1) is 15.6. The minimum Gasteiger partial charge on any atom is -0.493 e. The van der Waals surface area contributed by atoms with Gasteiger partial charge in [0.15, 0.2) is 0 Å². The van der Waals surface area contributed by atoms with Gasteiger partial charge in [0.25, 0.3) is 0 Å². The summed E-state index contributed by atoms with van der Waals surface area (Å²) in [6.07, 6.45) is 3.76. The Hall–Kier alpha value is -0.440. The summed E-state index contributed by atoms with van der Waals surface area (Å²) in [5.41, 5.74) is 1.11. The van der Waals surface area contributed by atoms with Gasteiger partial charge in [-0.3, -0.25) is 0 Å². The van der Waals surface area contributed by atoms with Gasteiger partial charge < -0.3 is 10.1 Å². The zero-order valence-corrected chi connectivity index (χ0v) is 12.3. The Bertz CT molecular complexity index is 365. The molecule has 1 heterocycles. The van der Waals surface area contributed by atoms with E-state index < -0.39 is 0 Å². The second-order valence-corrected chi connectivity index (χ2v) is 5.20. The van der Waals surface area contributed by atoms with Crippen LogP contribution < -0.4 is 10.1 Å². The maximum atomic E-state index is 5.91. The van der Waals surface area contributed by atoms with Gasteiger partial charge in [-0.05, 0) is 69.0 Å². The van der Waals surface area contributed by atoms with Crippen LogP contribution in [0.4, 0.5) is 0 Å². The van der Waals surface area contributed by atoms with Crippen molar-refractivity contribution in [1.82, 2.24) is 5.32 Å². The van der Waals surface area contributed by atoms with Gasteiger partial charge in [-0.25, -0.2) is 0 Å². The number of benzene rings is 1. The van der Waals surface area contributed by atoms with Crippen molar-refractivity contribution in [3.63, 3.8) is 0 Å². The Labute approximate surface area is 120 Å². The molecule has 1 saturated heterocycles. The van der Waals surface area contributed by atoms with Crippen molar-refractivity contribution in [3.8, 4) is 5.75 Å². The molecule has 1 N–H and O–H groups in total. The molecule has 1 fully saturated rings. The topological polar surface area (TPSA) is 21.3 Å². The van der Waals surface area contributed by atoms with Gasteiger partial charge in [-0.15, -0.1) is 12.4 Å². The van der Waals surface area contributed by atoms with Crippen LogP contribution in [0.25, 0.3) is 0 Å². The Kier molecular flexibility index (Phi) is 6.83. The maximum Gasteiger partial charge on any atom is 0.122 e. The minimum absolute atomic E-state index is 0. The average molecular weight is 290 g/mol. The molecule has 2 rings (SSSR count). The zero-order chi connectivity index (χ0) is 12.1. The number of rotatable bonds is 4. The highest BCUT2D eigenvalue weighted by Crippen LogP contribution is 2.22. The van der Waals surface area contributed by atoms with E-state index in [0.29, 0.717) is 0 Å². The van der Waals surface area contributed by atoms with Gasteiger partial charge in [-0.2, -0.15) is 0 Å². The lowest BCUT2D eigenvalue weighted by molar-refractivity contribution is 0.253. The van der Waals surface area contributed by atoms with Gasteiger partial charge in [0.05, 0.1) is 6.61 Å². The van der Waals surface area contributed by atoms with Crippen molar-refractivity contribution in [2.24, 2.45) is 5.92 Å². The summed E-state index contributed by atoms with van der Waals surface area (Å²) < 4.78 is 5.81. The third-order valence-corrected chi connectivity index (χ3v) is 3.55. The molecule has 102 valence electrons. The smallest absolute Gasteiger partial charge is 0.122 e. The second-order valence-electron chi connectivity index (χ2n) is 4.76. The molecule has 1 aromatic carbocycles. The van der Waals surface area contributed by atoms with Crippen LogP contribution in [0, 0.1) is 12.8 Å². The van der Waals surface area contributed by atoms with Gasteiger partial charge >= 0.3 is 0 Å².